The zero-order valence-corrected chi connectivity index (χ0v) is 13.7. The quantitative estimate of drug-likeness (QED) is 0.866. The van der Waals surface area contributed by atoms with E-state index in [1.807, 2.05) is 11.0 Å². The van der Waals surface area contributed by atoms with Gasteiger partial charge in [-0.1, -0.05) is 18.2 Å². The van der Waals surface area contributed by atoms with Crippen LogP contribution in [0.2, 0.25) is 0 Å². The normalized spacial score (nSPS) is 20.8. The van der Waals surface area contributed by atoms with Crippen molar-refractivity contribution in [2.24, 2.45) is 0 Å². The van der Waals surface area contributed by atoms with Crippen LogP contribution in [0.15, 0.2) is 48.8 Å². The van der Waals surface area contributed by atoms with E-state index in [1.54, 1.807) is 43.8 Å². The number of aromatic nitrogens is 1. The molecule has 126 valence electrons. The molecule has 1 aliphatic rings. The first kappa shape index (κ1) is 16.6. The number of likely N-dealkylation sites (tertiary alicyclic amines) is 1. The third-order valence-electron chi connectivity index (χ3n) is 4.59. The maximum Gasteiger partial charge on any atom is 0.254 e. The Morgan fingerprint density at radius 3 is 2.75 bits per heavy atom. The second-order valence-corrected chi connectivity index (χ2v) is 6.01. The fourth-order valence-electron chi connectivity index (χ4n) is 3.34. The van der Waals surface area contributed by atoms with Gasteiger partial charge < -0.3 is 9.64 Å². The highest BCUT2D eigenvalue weighted by Gasteiger charge is 2.35. The first-order valence-corrected chi connectivity index (χ1v) is 8.18. The Labute approximate surface area is 141 Å². The van der Waals surface area contributed by atoms with Crippen molar-refractivity contribution in [3.63, 3.8) is 0 Å². The van der Waals surface area contributed by atoms with Crippen molar-refractivity contribution >= 4 is 5.91 Å². The fraction of sp³-hybridized carbons (Fsp3) is 0.368. The molecule has 0 bridgehead atoms. The minimum Gasteiger partial charge on any atom is -0.379 e. The molecule has 0 radical (unpaired) electrons. The monoisotopic (exact) mass is 328 g/mol. The van der Waals surface area contributed by atoms with Gasteiger partial charge in [0.2, 0.25) is 0 Å². The van der Waals surface area contributed by atoms with Crippen LogP contribution >= 0.6 is 0 Å². The first-order valence-electron chi connectivity index (χ1n) is 8.18. The Bertz CT molecular complexity index is 693. The molecule has 0 N–H and O–H groups in total. The number of pyridine rings is 1. The minimum absolute atomic E-state index is 0.0551. The van der Waals surface area contributed by atoms with Gasteiger partial charge in [-0.15, -0.1) is 0 Å². The van der Waals surface area contributed by atoms with E-state index < -0.39 is 0 Å². The lowest BCUT2D eigenvalue weighted by Crippen LogP contribution is -2.52. The summed E-state index contributed by atoms with van der Waals surface area (Å²) in [6.07, 6.45) is 5.32. The Morgan fingerprint density at radius 1 is 1.29 bits per heavy atom. The van der Waals surface area contributed by atoms with Gasteiger partial charge in [-0.3, -0.25) is 9.78 Å². The zero-order valence-electron chi connectivity index (χ0n) is 13.7. The number of amides is 1. The van der Waals surface area contributed by atoms with Gasteiger partial charge >= 0.3 is 0 Å². The zero-order chi connectivity index (χ0) is 16.9. The number of rotatable bonds is 4. The van der Waals surface area contributed by atoms with Gasteiger partial charge in [0.25, 0.3) is 5.91 Å². The number of hydrogen-bond donors (Lipinski definition) is 0. The van der Waals surface area contributed by atoms with Crippen molar-refractivity contribution in [1.29, 1.82) is 0 Å². The summed E-state index contributed by atoms with van der Waals surface area (Å²) in [6, 6.07) is 9.95. The van der Waals surface area contributed by atoms with Crippen molar-refractivity contribution in [2.75, 3.05) is 13.7 Å². The van der Waals surface area contributed by atoms with Crippen LogP contribution in [0, 0.1) is 5.82 Å². The number of nitrogens with zero attached hydrogens (tertiary/aromatic N) is 2. The third-order valence-corrected chi connectivity index (χ3v) is 4.59. The second-order valence-electron chi connectivity index (χ2n) is 6.01. The van der Waals surface area contributed by atoms with Crippen LogP contribution in [0.25, 0.3) is 0 Å². The number of ether oxygens (including phenoxy) is 1. The molecule has 0 unspecified atom stereocenters. The van der Waals surface area contributed by atoms with Crippen molar-refractivity contribution in [1.82, 2.24) is 9.88 Å². The Kier molecular flexibility index (Phi) is 5.20. The average Bonchev–Trinajstić information content (AvgIpc) is 2.64. The molecule has 0 spiro atoms. The molecule has 24 heavy (non-hydrogen) atoms. The minimum atomic E-state index is -0.241. The van der Waals surface area contributed by atoms with Crippen molar-refractivity contribution in [3.8, 4) is 0 Å². The molecule has 2 atom stereocenters. The molecule has 1 fully saturated rings. The molecule has 1 aliphatic heterocycles. The summed E-state index contributed by atoms with van der Waals surface area (Å²) < 4.78 is 19.7. The van der Waals surface area contributed by atoms with E-state index in [2.05, 4.69) is 4.98 Å². The second kappa shape index (κ2) is 7.53. The summed E-state index contributed by atoms with van der Waals surface area (Å²) in [5, 5.41) is 0. The molecule has 3 rings (SSSR count). The summed E-state index contributed by atoms with van der Waals surface area (Å²) in [5.74, 6) is -0.297. The maximum atomic E-state index is 14.1. The lowest BCUT2D eigenvalue weighted by molar-refractivity contribution is -0.0119. The van der Waals surface area contributed by atoms with E-state index in [1.165, 1.54) is 6.07 Å². The number of halogens is 1. The SMILES string of the molecule is CO[C@H]1CCCN(C(=O)c2ccncc2)[C@H]1Cc1ccccc1F. The summed E-state index contributed by atoms with van der Waals surface area (Å²) in [5.41, 5.74) is 1.21. The number of benzene rings is 1. The van der Waals surface area contributed by atoms with Gasteiger partial charge in [-0.2, -0.15) is 0 Å². The van der Waals surface area contributed by atoms with Crippen LogP contribution in [0.5, 0.6) is 0 Å². The van der Waals surface area contributed by atoms with E-state index in [-0.39, 0.29) is 23.9 Å². The maximum absolute atomic E-state index is 14.1. The van der Waals surface area contributed by atoms with Gasteiger partial charge in [0.15, 0.2) is 0 Å². The van der Waals surface area contributed by atoms with E-state index in [9.17, 15) is 9.18 Å². The highest BCUT2D eigenvalue weighted by atomic mass is 19.1. The lowest BCUT2D eigenvalue weighted by atomic mass is 9.92. The first-order chi connectivity index (χ1) is 11.7. The molecule has 1 aromatic heterocycles. The van der Waals surface area contributed by atoms with E-state index >= 15 is 0 Å². The summed E-state index contributed by atoms with van der Waals surface area (Å²) in [7, 11) is 1.65. The van der Waals surface area contributed by atoms with E-state index in [0.29, 0.717) is 24.1 Å². The predicted molar refractivity (Wildman–Crippen MR) is 89.2 cm³/mol. The number of carbonyl (C=O) groups excluding carboxylic acids is 1. The standard InChI is InChI=1S/C19H21FN2O2/c1-24-18-7-4-12-22(19(23)14-8-10-21-11-9-14)17(18)13-15-5-2-3-6-16(15)20/h2-3,5-6,8-11,17-18H,4,7,12-13H2,1H3/t17-,18-/m0/s1. The molecule has 0 saturated carbocycles. The summed E-state index contributed by atoms with van der Waals surface area (Å²) >= 11 is 0. The molecule has 1 aromatic carbocycles. The molecular formula is C19H21FN2O2. The van der Waals surface area contributed by atoms with Crippen molar-refractivity contribution < 1.29 is 13.9 Å². The molecule has 1 saturated heterocycles. The van der Waals surface area contributed by atoms with Crippen LogP contribution < -0.4 is 0 Å². The Morgan fingerprint density at radius 2 is 2.04 bits per heavy atom. The van der Waals surface area contributed by atoms with Crippen LogP contribution in [0.4, 0.5) is 4.39 Å². The van der Waals surface area contributed by atoms with Crippen molar-refractivity contribution in [3.05, 3.63) is 65.7 Å². The van der Waals surface area contributed by atoms with E-state index in [0.717, 1.165) is 12.8 Å². The molecule has 1 amide bonds. The van der Waals surface area contributed by atoms with E-state index in [4.69, 9.17) is 4.74 Å². The number of carbonyl (C=O) groups is 1. The smallest absolute Gasteiger partial charge is 0.254 e. The average molecular weight is 328 g/mol. The van der Waals surface area contributed by atoms with Crippen LogP contribution in [0.1, 0.15) is 28.8 Å². The third kappa shape index (κ3) is 3.46. The summed E-state index contributed by atoms with van der Waals surface area (Å²) in [6.45, 7) is 0.653. The molecule has 4 nitrogen and oxygen atoms in total. The van der Waals surface area contributed by atoms with Gasteiger partial charge in [0, 0.05) is 31.6 Å². The van der Waals surface area contributed by atoms with Crippen molar-refractivity contribution in [2.45, 2.75) is 31.4 Å². The topological polar surface area (TPSA) is 42.4 Å². The van der Waals surface area contributed by atoms with Crippen LogP contribution in [-0.2, 0) is 11.2 Å². The van der Waals surface area contributed by atoms with Gasteiger partial charge in [0.05, 0.1) is 12.1 Å². The molecule has 2 aromatic rings. The molecular weight excluding hydrogens is 307 g/mol. The largest absolute Gasteiger partial charge is 0.379 e. The highest BCUT2D eigenvalue weighted by molar-refractivity contribution is 5.94. The number of hydrogen-bond acceptors (Lipinski definition) is 3. The molecule has 0 aliphatic carbocycles. The van der Waals surface area contributed by atoms with Crippen LogP contribution in [0.3, 0.4) is 0 Å². The highest BCUT2D eigenvalue weighted by Crippen LogP contribution is 2.26. The van der Waals surface area contributed by atoms with Gasteiger partial charge in [-0.25, -0.2) is 4.39 Å². The molecule has 2 heterocycles. The Balaban J connectivity index is 1.88. The Hall–Kier alpha value is -2.27. The van der Waals surface area contributed by atoms with Crippen LogP contribution in [-0.4, -0.2) is 41.6 Å². The summed E-state index contributed by atoms with van der Waals surface area (Å²) in [4.78, 5) is 18.7. The molecule has 5 heteroatoms. The number of methoxy groups -OCH3 is 1. The fourth-order valence-corrected chi connectivity index (χ4v) is 3.34. The number of piperidine rings is 1. The predicted octanol–water partition coefficient (Wildman–Crippen LogP) is 3.08. The van der Waals surface area contributed by atoms with Gasteiger partial charge in [-0.05, 0) is 43.0 Å². The lowest BCUT2D eigenvalue weighted by Gasteiger charge is -2.41. The van der Waals surface area contributed by atoms with Gasteiger partial charge in [0.1, 0.15) is 5.82 Å².